The fraction of sp³-hybridized carbons (Fsp3) is 0.409. The van der Waals surface area contributed by atoms with Crippen LogP contribution in [0.4, 0.5) is 0 Å². The summed E-state index contributed by atoms with van der Waals surface area (Å²) in [6.07, 6.45) is 0.844. The average Bonchev–Trinajstić information content (AvgIpc) is 2.92. The second-order valence-corrected chi connectivity index (χ2v) is 7.06. The highest BCUT2D eigenvalue weighted by Gasteiger charge is 2.40. The van der Waals surface area contributed by atoms with Crippen molar-refractivity contribution in [1.82, 2.24) is 0 Å². The van der Waals surface area contributed by atoms with Gasteiger partial charge in [0.25, 0.3) is 0 Å². The zero-order valence-electron chi connectivity index (χ0n) is 18.4. The van der Waals surface area contributed by atoms with Gasteiger partial charge in [0, 0.05) is 17.6 Å². The fourth-order valence-corrected chi connectivity index (χ4v) is 4.21. The predicted molar refractivity (Wildman–Crippen MR) is 114 cm³/mol. The molecule has 0 saturated carbocycles. The SMILES string of the molecule is COC(=O)c1cc(C)c2c(c1)[C@@](N=[N+]=[N-])(OC)CCc1cc(OC)c(OC)c(OC)c1-2. The number of carbonyl (C=O) groups excluding carboxylic acids is 1. The Morgan fingerprint density at radius 2 is 1.74 bits per heavy atom. The van der Waals surface area contributed by atoms with Crippen molar-refractivity contribution < 1.29 is 28.5 Å². The number of rotatable bonds is 6. The van der Waals surface area contributed by atoms with Gasteiger partial charge in [0.2, 0.25) is 5.75 Å². The lowest BCUT2D eigenvalue weighted by molar-refractivity contribution is -0.0151. The molecule has 0 bridgehead atoms. The number of azide groups is 1. The summed E-state index contributed by atoms with van der Waals surface area (Å²) in [5, 5.41) is 4.03. The van der Waals surface area contributed by atoms with E-state index in [4.69, 9.17) is 23.7 Å². The summed E-state index contributed by atoms with van der Waals surface area (Å²) in [4.78, 5) is 15.4. The van der Waals surface area contributed by atoms with Crippen LogP contribution in [-0.2, 0) is 21.6 Å². The van der Waals surface area contributed by atoms with Gasteiger partial charge in [-0.2, -0.15) is 0 Å². The van der Waals surface area contributed by atoms with Gasteiger partial charge in [0.05, 0.1) is 34.0 Å². The summed E-state index contributed by atoms with van der Waals surface area (Å²) in [5.74, 6) is 0.956. The van der Waals surface area contributed by atoms with Crippen LogP contribution < -0.4 is 14.2 Å². The molecule has 1 atom stereocenters. The number of hydrogen-bond acceptors (Lipinski definition) is 7. The maximum Gasteiger partial charge on any atom is 0.337 e. The summed E-state index contributed by atoms with van der Waals surface area (Å²) < 4.78 is 27.6. The molecule has 0 heterocycles. The van der Waals surface area contributed by atoms with E-state index in [1.54, 1.807) is 26.4 Å². The molecule has 0 amide bonds. The topological polar surface area (TPSA) is 112 Å². The molecule has 164 valence electrons. The maximum atomic E-state index is 12.3. The summed E-state index contributed by atoms with van der Waals surface area (Å²) >= 11 is 0. The molecule has 2 aromatic carbocycles. The van der Waals surface area contributed by atoms with Gasteiger partial charge in [-0.3, -0.25) is 0 Å². The molecular weight excluding hydrogens is 402 g/mol. The Morgan fingerprint density at radius 1 is 1.03 bits per heavy atom. The van der Waals surface area contributed by atoms with Gasteiger partial charge in [-0.15, -0.1) is 0 Å². The van der Waals surface area contributed by atoms with Gasteiger partial charge in [-0.1, -0.05) is 5.11 Å². The molecule has 0 unspecified atom stereocenters. The van der Waals surface area contributed by atoms with Crippen molar-refractivity contribution >= 4 is 5.97 Å². The Hall–Kier alpha value is -3.42. The highest BCUT2D eigenvalue weighted by atomic mass is 16.5. The molecule has 0 aromatic heterocycles. The van der Waals surface area contributed by atoms with E-state index in [2.05, 4.69) is 10.0 Å². The molecule has 0 saturated heterocycles. The normalized spacial score (nSPS) is 16.8. The summed E-state index contributed by atoms with van der Waals surface area (Å²) in [6.45, 7) is 1.87. The van der Waals surface area contributed by atoms with Crippen LogP contribution in [0.3, 0.4) is 0 Å². The third-order valence-electron chi connectivity index (χ3n) is 5.62. The van der Waals surface area contributed by atoms with Crippen molar-refractivity contribution in [2.45, 2.75) is 25.5 Å². The van der Waals surface area contributed by atoms with E-state index in [1.165, 1.54) is 21.3 Å². The predicted octanol–water partition coefficient (Wildman–Crippen LogP) is 4.53. The lowest BCUT2D eigenvalue weighted by atomic mass is 9.87. The quantitative estimate of drug-likeness (QED) is 0.290. The Kier molecular flexibility index (Phi) is 6.29. The molecule has 1 aliphatic carbocycles. The first kappa shape index (κ1) is 22.3. The lowest BCUT2D eigenvalue weighted by Crippen LogP contribution is -2.27. The van der Waals surface area contributed by atoms with Crippen molar-refractivity contribution in [2.75, 3.05) is 35.5 Å². The Bertz CT molecular complexity index is 1080. The molecule has 0 spiro atoms. The molecule has 3 rings (SSSR count). The van der Waals surface area contributed by atoms with Crippen LogP contribution >= 0.6 is 0 Å². The van der Waals surface area contributed by atoms with Gasteiger partial charge >= 0.3 is 5.97 Å². The molecule has 9 heteroatoms. The molecule has 9 nitrogen and oxygen atoms in total. The minimum Gasteiger partial charge on any atom is -0.493 e. The van der Waals surface area contributed by atoms with Gasteiger partial charge in [-0.25, -0.2) is 4.79 Å². The first-order valence-electron chi connectivity index (χ1n) is 9.58. The van der Waals surface area contributed by atoms with E-state index in [9.17, 15) is 10.3 Å². The zero-order valence-corrected chi connectivity index (χ0v) is 18.4. The summed E-state index contributed by atoms with van der Waals surface area (Å²) in [7, 11) is 7.44. The number of ether oxygens (including phenoxy) is 5. The third-order valence-corrected chi connectivity index (χ3v) is 5.62. The van der Waals surface area contributed by atoms with E-state index in [1.807, 2.05) is 13.0 Å². The first-order valence-corrected chi connectivity index (χ1v) is 9.58. The smallest absolute Gasteiger partial charge is 0.337 e. The van der Waals surface area contributed by atoms with Crippen molar-refractivity contribution in [1.29, 1.82) is 0 Å². The molecule has 0 radical (unpaired) electrons. The first-order chi connectivity index (χ1) is 14.9. The van der Waals surface area contributed by atoms with Gasteiger partial charge in [0.1, 0.15) is 0 Å². The van der Waals surface area contributed by atoms with Crippen LogP contribution in [0, 0.1) is 6.92 Å². The lowest BCUT2D eigenvalue weighted by Gasteiger charge is -2.29. The fourth-order valence-electron chi connectivity index (χ4n) is 4.21. The van der Waals surface area contributed by atoms with Crippen LogP contribution in [0.2, 0.25) is 0 Å². The highest BCUT2D eigenvalue weighted by Crippen LogP contribution is 2.53. The molecular formula is C22H25N3O6. The molecule has 0 fully saturated rings. The molecule has 31 heavy (non-hydrogen) atoms. The van der Waals surface area contributed by atoms with Gasteiger partial charge in [0.15, 0.2) is 17.2 Å². The van der Waals surface area contributed by atoms with Crippen LogP contribution in [0.25, 0.3) is 21.6 Å². The average molecular weight is 427 g/mol. The standard InChI is InChI=1S/C22H25N3O6/c1-12-9-14(21(26)30-5)10-15-17(12)18-13(7-8-22(15,31-6)24-25-23)11-16(27-2)19(28-3)20(18)29-4/h9-11H,7-8H2,1-6H3/t22-/m0/s1. The van der Waals surface area contributed by atoms with Crippen molar-refractivity contribution in [3.8, 4) is 28.4 Å². The van der Waals surface area contributed by atoms with Crippen molar-refractivity contribution in [3.63, 3.8) is 0 Å². The van der Waals surface area contributed by atoms with E-state index < -0.39 is 11.7 Å². The van der Waals surface area contributed by atoms with Crippen LogP contribution in [-0.4, -0.2) is 41.5 Å². The minimum atomic E-state index is -1.33. The largest absolute Gasteiger partial charge is 0.493 e. The Balaban J connectivity index is 2.51. The molecule has 2 aromatic rings. The zero-order chi connectivity index (χ0) is 22.8. The second-order valence-electron chi connectivity index (χ2n) is 7.06. The van der Waals surface area contributed by atoms with Gasteiger partial charge < -0.3 is 23.7 Å². The molecule has 1 aliphatic rings. The minimum absolute atomic E-state index is 0.330. The number of carbonyl (C=O) groups is 1. The number of benzene rings is 2. The highest BCUT2D eigenvalue weighted by molar-refractivity contribution is 5.93. The van der Waals surface area contributed by atoms with E-state index in [0.717, 1.165) is 22.3 Å². The van der Waals surface area contributed by atoms with Crippen molar-refractivity contribution in [2.24, 2.45) is 5.11 Å². The van der Waals surface area contributed by atoms with Crippen LogP contribution in [0.5, 0.6) is 17.2 Å². The number of aryl methyl sites for hydroxylation is 2. The van der Waals surface area contributed by atoms with Crippen LogP contribution in [0.15, 0.2) is 23.3 Å². The van der Waals surface area contributed by atoms with E-state index >= 15 is 0 Å². The van der Waals surface area contributed by atoms with E-state index in [0.29, 0.717) is 41.2 Å². The second kappa shape index (κ2) is 8.75. The molecule has 0 N–H and O–H groups in total. The summed E-state index contributed by atoms with van der Waals surface area (Å²) in [6, 6.07) is 5.26. The van der Waals surface area contributed by atoms with Crippen molar-refractivity contribution in [3.05, 3.63) is 50.9 Å². The molecule has 0 aliphatic heterocycles. The Morgan fingerprint density at radius 3 is 2.29 bits per heavy atom. The van der Waals surface area contributed by atoms with Gasteiger partial charge in [-0.05, 0) is 65.7 Å². The van der Waals surface area contributed by atoms with Crippen LogP contribution in [0.1, 0.15) is 33.5 Å². The third kappa shape index (κ3) is 3.52. The maximum absolute atomic E-state index is 12.3. The number of nitrogens with zero attached hydrogens (tertiary/aromatic N) is 3. The summed E-state index contributed by atoms with van der Waals surface area (Å²) in [5.41, 5.74) is 12.1. The Labute approximate surface area is 180 Å². The number of methoxy groups -OCH3 is 5. The number of hydrogen-bond donors (Lipinski definition) is 0. The van der Waals surface area contributed by atoms with E-state index in [-0.39, 0.29) is 0 Å². The number of esters is 1. The number of fused-ring (bicyclic) bond motifs is 3. The monoisotopic (exact) mass is 427 g/mol.